The number of hydrogen-bond donors (Lipinski definition) is 1. The Bertz CT molecular complexity index is 2610. The molecule has 2 atom stereocenters. The summed E-state index contributed by atoms with van der Waals surface area (Å²) < 4.78 is 74.7. The van der Waals surface area contributed by atoms with Gasteiger partial charge in [0.05, 0.1) is 5.56 Å². The molecule has 0 aliphatic rings. The van der Waals surface area contributed by atoms with E-state index in [4.69, 9.17) is 0 Å². The van der Waals surface area contributed by atoms with Crippen LogP contribution in [0.15, 0.2) is 188 Å². The Morgan fingerprint density at radius 1 is 0.491 bits per heavy atom. The van der Waals surface area contributed by atoms with Crippen molar-refractivity contribution in [3.63, 3.8) is 0 Å². The highest BCUT2D eigenvalue weighted by Crippen LogP contribution is 2.61. The van der Waals surface area contributed by atoms with Gasteiger partial charge in [-0.3, -0.25) is 0 Å². The number of aromatic hydroxyl groups is 1. The lowest BCUT2D eigenvalue weighted by molar-refractivity contribution is -0.137. The fraction of sp³-hybridized carbons (Fsp3) is 0.0980. The number of rotatable bonds is 9. The van der Waals surface area contributed by atoms with Crippen LogP contribution in [0, 0.1) is 18.6 Å². The van der Waals surface area contributed by atoms with Crippen molar-refractivity contribution in [2.45, 2.75) is 30.4 Å². The first kappa shape index (κ1) is 37.4. The molecular formula is C51H37F5O. The Hall–Kier alpha value is -6.53. The summed E-state index contributed by atoms with van der Waals surface area (Å²) in [5.41, 5.74) is 2.63. The normalized spacial score (nSPS) is 13.4. The van der Waals surface area contributed by atoms with E-state index >= 15 is 4.39 Å². The van der Waals surface area contributed by atoms with Crippen LogP contribution in [0.4, 0.5) is 22.0 Å². The molecule has 57 heavy (non-hydrogen) atoms. The number of hydrogen-bond acceptors (Lipinski definition) is 1. The maximum Gasteiger partial charge on any atom is 0.416 e. The van der Waals surface area contributed by atoms with Gasteiger partial charge in [0.1, 0.15) is 17.4 Å². The third kappa shape index (κ3) is 6.97. The molecule has 1 N–H and O–H groups in total. The third-order valence-corrected chi connectivity index (χ3v) is 11.1. The summed E-state index contributed by atoms with van der Waals surface area (Å²) in [4.78, 5) is 0. The monoisotopic (exact) mass is 760 g/mol. The quantitative estimate of drug-likeness (QED) is 0.145. The molecule has 0 bridgehead atoms. The first-order valence-electron chi connectivity index (χ1n) is 18.7. The van der Waals surface area contributed by atoms with E-state index in [9.17, 15) is 22.7 Å². The van der Waals surface area contributed by atoms with Gasteiger partial charge in [-0.05, 0) is 75.3 Å². The van der Waals surface area contributed by atoms with Crippen LogP contribution >= 0.6 is 0 Å². The number of phenolic OH excluding ortho intramolecular Hbond substituents is 1. The zero-order valence-electron chi connectivity index (χ0n) is 30.9. The van der Waals surface area contributed by atoms with Gasteiger partial charge in [-0.15, -0.1) is 0 Å². The van der Waals surface area contributed by atoms with Crippen LogP contribution < -0.4 is 0 Å². The lowest BCUT2D eigenvalue weighted by Gasteiger charge is -2.49. The fourth-order valence-electron chi connectivity index (χ4n) is 8.56. The predicted octanol–water partition coefficient (Wildman–Crippen LogP) is 13.8. The van der Waals surface area contributed by atoms with E-state index in [-0.39, 0.29) is 11.3 Å². The third-order valence-electron chi connectivity index (χ3n) is 11.1. The molecule has 0 amide bonds. The van der Waals surface area contributed by atoms with Gasteiger partial charge in [0.25, 0.3) is 0 Å². The van der Waals surface area contributed by atoms with Crippen molar-refractivity contribution in [3.05, 3.63) is 244 Å². The zero-order valence-corrected chi connectivity index (χ0v) is 30.9. The van der Waals surface area contributed by atoms with E-state index in [0.29, 0.717) is 27.8 Å². The highest BCUT2D eigenvalue weighted by Gasteiger charge is 2.53. The number of aryl methyl sites for hydroxylation is 1. The van der Waals surface area contributed by atoms with Gasteiger partial charge < -0.3 is 5.11 Å². The van der Waals surface area contributed by atoms with E-state index in [2.05, 4.69) is 0 Å². The van der Waals surface area contributed by atoms with Crippen LogP contribution in [-0.2, 0) is 11.6 Å². The predicted molar refractivity (Wildman–Crippen MR) is 217 cm³/mol. The number of para-hydroxylation sites is 1. The summed E-state index contributed by atoms with van der Waals surface area (Å²) in [6.07, 6.45) is -4.64. The van der Waals surface area contributed by atoms with Crippen molar-refractivity contribution < 1.29 is 27.1 Å². The minimum atomic E-state index is -4.64. The molecule has 8 aromatic carbocycles. The van der Waals surface area contributed by atoms with Crippen molar-refractivity contribution in [2.75, 3.05) is 0 Å². The Kier molecular flexibility index (Phi) is 9.97. The second-order valence-electron chi connectivity index (χ2n) is 14.5. The number of benzene rings is 8. The van der Waals surface area contributed by atoms with Gasteiger partial charge >= 0.3 is 6.18 Å². The average Bonchev–Trinajstić information content (AvgIpc) is 3.22. The van der Waals surface area contributed by atoms with E-state index in [0.717, 1.165) is 45.7 Å². The molecule has 0 radical (unpaired) electrons. The van der Waals surface area contributed by atoms with Crippen LogP contribution in [0.5, 0.6) is 5.75 Å². The molecule has 0 fully saturated rings. The number of alkyl halides is 3. The molecule has 282 valence electrons. The molecular weight excluding hydrogens is 724 g/mol. The molecule has 0 saturated heterocycles. The largest absolute Gasteiger partial charge is 0.507 e. The standard InChI is InChI=1S/C51H37F5O/c1-33-19-21-37(22-20-33)48(44-30-29-42(52)32-46(44)53)50(40-25-27-41(28-26-40)51(54,55)56,47(35-12-4-2-5-13-35)36-14-6-3-7-15-36)45-18-10-17-43(49(45)57)39-24-23-34-11-8-9-16-38(34)31-39/h2-32,47-48,57H,1H3. The second-order valence-corrected chi connectivity index (χ2v) is 14.5. The van der Waals surface area contributed by atoms with E-state index in [1.54, 1.807) is 12.1 Å². The fourth-order valence-corrected chi connectivity index (χ4v) is 8.56. The second kappa shape index (κ2) is 15.2. The lowest BCUT2D eigenvalue weighted by Crippen LogP contribution is -2.43. The minimum absolute atomic E-state index is 0.104. The zero-order chi connectivity index (χ0) is 39.7. The van der Waals surface area contributed by atoms with E-state index in [1.807, 2.05) is 140 Å². The minimum Gasteiger partial charge on any atom is -0.507 e. The number of halogens is 5. The first-order chi connectivity index (χ1) is 27.6. The molecule has 0 aromatic heterocycles. The molecule has 0 heterocycles. The summed E-state index contributed by atoms with van der Waals surface area (Å²) in [7, 11) is 0. The molecule has 0 saturated carbocycles. The highest BCUT2D eigenvalue weighted by atomic mass is 19.4. The molecule has 2 unspecified atom stereocenters. The van der Waals surface area contributed by atoms with Gasteiger partial charge in [0, 0.05) is 34.4 Å². The summed E-state index contributed by atoms with van der Waals surface area (Å²) in [5.74, 6) is -3.56. The van der Waals surface area contributed by atoms with Crippen molar-refractivity contribution in [1.29, 1.82) is 0 Å². The van der Waals surface area contributed by atoms with E-state index in [1.165, 1.54) is 24.3 Å². The number of fused-ring (bicyclic) bond motifs is 1. The van der Waals surface area contributed by atoms with Gasteiger partial charge in [-0.2, -0.15) is 13.2 Å². The van der Waals surface area contributed by atoms with Crippen LogP contribution in [-0.4, -0.2) is 5.11 Å². The summed E-state index contributed by atoms with van der Waals surface area (Å²) >= 11 is 0. The van der Waals surface area contributed by atoms with Gasteiger partial charge in [0.15, 0.2) is 0 Å². The van der Waals surface area contributed by atoms with Crippen LogP contribution in [0.2, 0.25) is 0 Å². The Labute approximate surface area is 328 Å². The lowest BCUT2D eigenvalue weighted by atomic mass is 9.52. The molecule has 6 heteroatoms. The Morgan fingerprint density at radius 3 is 1.68 bits per heavy atom. The maximum absolute atomic E-state index is 16.9. The van der Waals surface area contributed by atoms with Crippen molar-refractivity contribution in [3.8, 4) is 16.9 Å². The molecule has 8 aromatic rings. The van der Waals surface area contributed by atoms with Crippen molar-refractivity contribution in [1.82, 2.24) is 0 Å². The Morgan fingerprint density at radius 2 is 1.07 bits per heavy atom. The van der Waals surface area contributed by atoms with Crippen LogP contribution in [0.1, 0.15) is 56.3 Å². The Balaban J connectivity index is 1.59. The topological polar surface area (TPSA) is 20.2 Å². The van der Waals surface area contributed by atoms with Gasteiger partial charge in [-0.25, -0.2) is 8.78 Å². The highest BCUT2D eigenvalue weighted by molar-refractivity contribution is 5.88. The van der Waals surface area contributed by atoms with Gasteiger partial charge in [-0.1, -0.05) is 163 Å². The SMILES string of the molecule is Cc1ccc(C(c2ccc(F)cc2F)C(c2ccc(C(F)(F)F)cc2)(c2cccc(-c3ccc4ccccc4c3)c2O)C(c2ccccc2)c2ccccc2)cc1. The molecule has 1 nitrogen and oxygen atoms in total. The van der Waals surface area contributed by atoms with Crippen LogP contribution in [0.3, 0.4) is 0 Å². The molecule has 0 aliphatic carbocycles. The summed E-state index contributed by atoms with van der Waals surface area (Å²) in [6.45, 7) is 1.93. The number of phenols is 1. The van der Waals surface area contributed by atoms with Gasteiger partial charge in [0.2, 0.25) is 0 Å². The smallest absolute Gasteiger partial charge is 0.416 e. The summed E-state index contributed by atoms with van der Waals surface area (Å²) in [5, 5.41) is 15.0. The molecule has 8 rings (SSSR count). The molecule has 0 spiro atoms. The van der Waals surface area contributed by atoms with Crippen molar-refractivity contribution in [2.24, 2.45) is 0 Å². The van der Waals surface area contributed by atoms with E-state index < -0.39 is 40.6 Å². The van der Waals surface area contributed by atoms with Crippen molar-refractivity contribution >= 4 is 10.8 Å². The summed E-state index contributed by atoms with van der Waals surface area (Å²) in [6, 6.07) is 54.1. The maximum atomic E-state index is 16.9. The average molecular weight is 761 g/mol. The van der Waals surface area contributed by atoms with Crippen LogP contribution in [0.25, 0.3) is 21.9 Å². The first-order valence-corrected chi connectivity index (χ1v) is 18.7. The molecule has 0 aliphatic heterocycles.